The van der Waals surface area contributed by atoms with Crippen LogP contribution in [0.2, 0.25) is 0 Å². The highest BCUT2D eigenvalue weighted by Gasteiger charge is 2.29. The van der Waals surface area contributed by atoms with Crippen LogP contribution in [0.25, 0.3) is 0 Å². The summed E-state index contributed by atoms with van der Waals surface area (Å²) in [7, 11) is 0.644. The second kappa shape index (κ2) is 11.8. The van der Waals surface area contributed by atoms with E-state index in [0.29, 0.717) is 0 Å². The van der Waals surface area contributed by atoms with E-state index in [9.17, 15) is 0 Å². The maximum atomic E-state index is 5.99. The van der Waals surface area contributed by atoms with Crippen molar-refractivity contribution >= 4 is 20.5 Å². The van der Waals surface area contributed by atoms with E-state index in [-0.39, 0.29) is 10.0 Å². The molecule has 2 aliphatic carbocycles. The van der Waals surface area contributed by atoms with Crippen LogP contribution in [0, 0.1) is 17.8 Å². The van der Waals surface area contributed by atoms with E-state index in [2.05, 4.69) is 0 Å². The van der Waals surface area contributed by atoms with Gasteiger partial charge in [0.05, 0.1) is 0 Å². The van der Waals surface area contributed by atoms with Crippen LogP contribution in [-0.2, 0) is 8.54 Å². The zero-order chi connectivity index (χ0) is 15.5. The van der Waals surface area contributed by atoms with Crippen molar-refractivity contribution < 1.29 is 8.54 Å². The zero-order valence-electron chi connectivity index (χ0n) is 14.7. The minimum absolute atomic E-state index is 0.185. The quantitative estimate of drug-likeness (QED) is 0.539. The van der Waals surface area contributed by atoms with Gasteiger partial charge in [0.15, 0.2) is 0 Å². The van der Waals surface area contributed by atoms with Gasteiger partial charge < -0.3 is 8.54 Å². The summed E-state index contributed by atoms with van der Waals surface area (Å²) in [5.41, 5.74) is 0. The Bertz CT molecular complexity index is 238. The fourth-order valence-electron chi connectivity index (χ4n) is 4.71. The summed E-state index contributed by atoms with van der Waals surface area (Å²) in [4.78, 5) is 0. The molecule has 0 heterocycles. The lowest BCUT2D eigenvalue weighted by molar-refractivity contribution is 0.0966. The van der Waals surface area contributed by atoms with Gasteiger partial charge in [-0.2, -0.15) is 0 Å². The Morgan fingerprint density at radius 3 is 1.55 bits per heavy atom. The normalized spacial score (nSPS) is 23.9. The second-order valence-corrected chi connectivity index (χ2v) is 9.95. The van der Waals surface area contributed by atoms with Gasteiger partial charge in [-0.3, -0.25) is 0 Å². The van der Waals surface area contributed by atoms with Gasteiger partial charge in [0, 0.05) is 6.61 Å². The topological polar surface area (TPSA) is 18.5 Å². The predicted molar refractivity (Wildman–Crippen MR) is 99.2 cm³/mol. The van der Waals surface area contributed by atoms with Crippen molar-refractivity contribution in [3.63, 3.8) is 0 Å². The molecule has 0 unspecified atom stereocenters. The molecule has 2 nitrogen and oxygen atoms in total. The van der Waals surface area contributed by atoms with Crippen LogP contribution < -0.4 is 0 Å². The van der Waals surface area contributed by atoms with Gasteiger partial charge in [-0.1, -0.05) is 89.9 Å². The third-order valence-corrected chi connectivity index (χ3v) is 7.06. The minimum Gasteiger partial charge on any atom is -0.446 e. The molecule has 4 heteroatoms. The van der Waals surface area contributed by atoms with Crippen molar-refractivity contribution in [2.75, 3.05) is 6.61 Å². The molecule has 0 aromatic rings. The molecular weight excluding hydrogens is 304 g/mol. The lowest BCUT2D eigenvalue weighted by Crippen LogP contribution is -2.30. The summed E-state index contributed by atoms with van der Waals surface area (Å²) in [6.45, 7) is 0.993. The first-order chi connectivity index (χ1) is 10.9. The minimum atomic E-state index is -0.185. The summed E-state index contributed by atoms with van der Waals surface area (Å²) in [5, 5.41) is 0. The van der Waals surface area contributed by atoms with Crippen molar-refractivity contribution in [1.82, 2.24) is 0 Å². The monoisotopic (exact) mass is 341 g/mol. The molecule has 129 valence electrons. The van der Waals surface area contributed by atoms with Crippen molar-refractivity contribution in [2.45, 2.75) is 89.9 Å². The Balaban J connectivity index is 1.95. The Morgan fingerprint density at radius 2 is 1.14 bits per heavy atom. The van der Waals surface area contributed by atoms with Crippen LogP contribution in [0.15, 0.2) is 0 Å². The molecule has 0 atom stereocenters. The smallest absolute Gasteiger partial charge is 0.353 e. The van der Waals surface area contributed by atoms with Crippen LogP contribution >= 0.6 is 0 Å². The van der Waals surface area contributed by atoms with Gasteiger partial charge in [0.2, 0.25) is 0 Å². The van der Waals surface area contributed by atoms with E-state index >= 15 is 0 Å². The standard InChI is InChI=1S/C18H37O2Si2/c21-20-22-19-15-18(16-11-7-3-1-4-8-12-16)17-13-9-5-2-6-10-14-17/h16-18,22H,1-15H2,21H3. The van der Waals surface area contributed by atoms with Crippen molar-refractivity contribution in [3.05, 3.63) is 0 Å². The van der Waals surface area contributed by atoms with E-state index in [0.717, 1.165) is 34.8 Å². The molecule has 0 amide bonds. The molecule has 0 aromatic heterocycles. The zero-order valence-corrected chi connectivity index (χ0v) is 17.9. The molecule has 1 radical (unpaired) electrons. The Hall–Kier alpha value is 0.354. The van der Waals surface area contributed by atoms with Crippen molar-refractivity contribution in [1.29, 1.82) is 0 Å². The fourth-order valence-corrected chi connectivity index (χ4v) is 5.55. The summed E-state index contributed by atoms with van der Waals surface area (Å²) in [5.74, 6) is 2.68. The number of rotatable bonds is 6. The summed E-state index contributed by atoms with van der Waals surface area (Å²) in [6, 6.07) is 0. The van der Waals surface area contributed by atoms with Crippen molar-refractivity contribution in [3.8, 4) is 0 Å². The van der Waals surface area contributed by atoms with Crippen LogP contribution in [-0.4, -0.2) is 27.1 Å². The van der Waals surface area contributed by atoms with E-state index in [1.165, 1.54) is 89.9 Å². The van der Waals surface area contributed by atoms with Gasteiger partial charge in [-0.25, -0.2) is 0 Å². The molecule has 0 aliphatic heterocycles. The van der Waals surface area contributed by atoms with Gasteiger partial charge in [0.25, 0.3) is 0 Å². The molecule has 0 spiro atoms. The maximum absolute atomic E-state index is 5.99. The highest BCUT2D eigenvalue weighted by atomic mass is 28.3. The van der Waals surface area contributed by atoms with Crippen LogP contribution in [0.3, 0.4) is 0 Å². The van der Waals surface area contributed by atoms with E-state index < -0.39 is 0 Å². The summed E-state index contributed by atoms with van der Waals surface area (Å²) >= 11 is 0. The average Bonchev–Trinajstić information content (AvgIpc) is 2.45. The van der Waals surface area contributed by atoms with Gasteiger partial charge >= 0.3 is 10.0 Å². The second-order valence-electron chi connectivity index (χ2n) is 7.54. The lowest BCUT2D eigenvalue weighted by atomic mass is 9.72. The van der Waals surface area contributed by atoms with Crippen LogP contribution in [0.4, 0.5) is 0 Å². The highest BCUT2D eigenvalue weighted by Crippen LogP contribution is 2.38. The largest absolute Gasteiger partial charge is 0.446 e. The first-order valence-electron chi connectivity index (χ1n) is 9.88. The van der Waals surface area contributed by atoms with Gasteiger partial charge in [0.1, 0.15) is 10.5 Å². The van der Waals surface area contributed by atoms with E-state index in [1.54, 1.807) is 0 Å². The van der Waals surface area contributed by atoms with Crippen LogP contribution in [0.5, 0.6) is 0 Å². The molecule has 0 saturated heterocycles. The SMILES string of the molecule is [SiH3]O[SiH]OCC(C1CCCCCCC1)C1CCCCCCC1. The Labute approximate surface area is 143 Å². The van der Waals surface area contributed by atoms with Crippen molar-refractivity contribution in [2.24, 2.45) is 17.8 Å². The van der Waals surface area contributed by atoms with E-state index in [1.807, 2.05) is 0 Å². The summed E-state index contributed by atoms with van der Waals surface area (Å²) < 4.78 is 11.3. The lowest BCUT2D eigenvalue weighted by Gasteiger charge is -2.36. The first kappa shape index (κ1) is 18.7. The first-order valence-corrected chi connectivity index (χ1v) is 11.6. The van der Waals surface area contributed by atoms with Gasteiger partial charge in [-0.05, 0) is 17.8 Å². The molecule has 2 aliphatic rings. The summed E-state index contributed by atoms with van der Waals surface area (Å²) in [6.07, 6.45) is 20.4. The Kier molecular flexibility index (Phi) is 10.0. The third-order valence-electron chi connectivity index (χ3n) is 5.96. The molecule has 0 N–H and O–H groups in total. The molecule has 2 rings (SSSR count). The Morgan fingerprint density at radius 1 is 0.727 bits per heavy atom. The average molecular weight is 342 g/mol. The molecular formula is C18H37O2Si2. The number of hydrogen-bond donors (Lipinski definition) is 0. The molecule has 22 heavy (non-hydrogen) atoms. The maximum Gasteiger partial charge on any atom is 0.353 e. The third kappa shape index (κ3) is 6.85. The molecule has 0 bridgehead atoms. The molecule has 2 saturated carbocycles. The predicted octanol–water partition coefficient (Wildman–Crippen LogP) is 3.90. The van der Waals surface area contributed by atoms with Crippen LogP contribution in [0.1, 0.15) is 89.9 Å². The van der Waals surface area contributed by atoms with Gasteiger partial charge in [-0.15, -0.1) is 0 Å². The van der Waals surface area contributed by atoms with E-state index in [4.69, 9.17) is 8.54 Å². The highest BCUT2D eigenvalue weighted by molar-refractivity contribution is 6.27. The molecule has 0 aromatic carbocycles. The molecule has 2 fully saturated rings. The fraction of sp³-hybridized carbons (Fsp3) is 1.00. The number of hydrogen-bond acceptors (Lipinski definition) is 2.